The quantitative estimate of drug-likeness (QED) is 0.437. The molecule has 0 aliphatic rings. The number of carbonyl (C=O) groups is 1. The zero-order valence-electron chi connectivity index (χ0n) is 12.9. The molecule has 0 bridgehead atoms. The Balaban J connectivity index is 2.04. The summed E-state index contributed by atoms with van der Waals surface area (Å²) in [5.74, 6) is 0.0870. The third-order valence-corrected chi connectivity index (χ3v) is 3.16. The second-order valence-corrected chi connectivity index (χ2v) is 4.99. The molecule has 1 heterocycles. The highest BCUT2D eigenvalue weighted by Crippen LogP contribution is 2.24. The zero-order valence-corrected chi connectivity index (χ0v) is 12.9. The van der Waals surface area contributed by atoms with Crippen molar-refractivity contribution < 1.29 is 18.9 Å². The molecule has 8 nitrogen and oxygen atoms in total. The molecule has 0 fully saturated rings. The molecule has 2 rings (SSSR count). The van der Waals surface area contributed by atoms with E-state index in [1.54, 1.807) is 6.92 Å². The maximum atomic E-state index is 11.6. The van der Waals surface area contributed by atoms with Gasteiger partial charge in [-0.25, -0.2) is 0 Å². The Morgan fingerprint density at radius 3 is 2.65 bits per heavy atom. The summed E-state index contributed by atoms with van der Waals surface area (Å²) in [6.45, 7) is 3.64. The number of carbonyl (C=O) groups excluding carboxylic acids is 1. The van der Waals surface area contributed by atoms with Crippen molar-refractivity contribution in [2.45, 2.75) is 39.2 Å². The molecule has 0 radical (unpaired) electrons. The van der Waals surface area contributed by atoms with Gasteiger partial charge < -0.3 is 9.15 Å². The fourth-order valence-corrected chi connectivity index (χ4v) is 1.87. The molecule has 1 aromatic heterocycles. The molecule has 0 aliphatic carbocycles. The monoisotopic (exact) mass is 319 g/mol. The Morgan fingerprint density at radius 1 is 1.35 bits per heavy atom. The topological polar surface area (TPSA) is 108 Å². The van der Waals surface area contributed by atoms with Gasteiger partial charge in [-0.2, -0.15) is 0 Å². The van der Waals surface area contributed by atoms with Gasteiger partial charge >= 0.3 is 5.97 Å². The van der Waals surface area contributed by atoms with Gasteiger partial charge in [0.05, 0.1) is 4.92 Å². The van der Waals surface area contributed by atoms with Crippen LogP contribution in [0, 0.1) is 10.1 Å². The molecular weight excluding hydrogens is 302 g/mol. The lowest BCUT2D eigenvalue weighted by Crippen LogP contribution is -2.08. The van der Waals surface area contributed by atoms with E-state index in [-0.39, 0.29) is 23.4 Å². The van der Waals surface area contributed by atoms with Crippen LogP contribution in [-0.4, -0.2) is 21.1 Å². The predicted octanol–water partition coefficient (Wildman–Crippen LogP) is 3.44. The van der Waals surface area contributed by atoms with E-state index in [1.165, 1.54) is 24.3 Å². The second-order valence-electron chi connectivity index (χ2n) is 4.99. The minimum Gasteiger partial charge on any atom is -0.453 e. The Hall–Kier alpha value is -2.77. The number of esters is 1. The maximum absolute atomic E-state index is 11.6. The van der Waals surface area contributed by atoms with Crippen molar-refractivity contribution in [3.05, 3.63) is 40.3 Å². The molecule has 2 aromatic rings. The number of nitro groups is 1. The highest BCUT2D eigenvalue weighted by molar-refractivity contribution is 5.69. The van der Waals surface area contributed by atoms with Crippen LogP contribution in [-0.2, 0) is 9.53 Å². The van der Waals surface area contributed by atoms with Crippen molar-refractivity contribution in [2.75, 3.05) is 0 Å². The first kappa shape index (κ1) is 16.6. The summed E-state index contributed by atoms with van der Waals surface area (Å²) >= 11 is 0. The molecule has 0 aliphatic heterocycles. The van der Waals surface area contributed by atoms with E-state index in [4.69, 9.17) is 9.15 Å². The number of hydrogen-bond acceptors (Lipinski definition) is 7. The van der Waals surface area contributed by atoms with E-state index >= 15 is 0 Å². The van der Waals surface area contributed by atoms with E-state index in [1.807, 2.05) is 6.92 Å². The number of non-ortho nitro benzene ring substituents is 1. The molecule has 0 saturated carbocycles. The summed E-state index contributed by atoms with van der Waals surface area (Å²) in [4.78, 5) is 21.7. The molecule has 1 aromatic carbocycles. The largest absolute Gasteiger partial charge is 0.453 e. The first-order valence-corrected chi connectivity index (χ1v) is 7.29. The fourth-order valence-electron chi connectivity index (χ4n) is 1.87. The van der Waals surface area contributed by atoms with Crippen molar-refractivity contribution in [1.82, 2.24) is 10.2 Å². The van der Waals surface area contributed by atoms with Crippen LogP contribution >= 0.6 is 0 Å². The van der Waals surface area contributed by atoms with Gasteiger partial charge in [0.1, 0.15) is 0 Å². The Bertz CT molecular complexity index is 681. The van der Waals surface area contributed by atoms with E-state index in [0.29, 0.717) is 12.0 Å². The lowest BCUT2D eigenvalue weighted by molar-refractivity contribution is -0.384. The van der Waals surface area contributed by atoms with E-state index in [9.17, 15) is 14.9 Å². The van der Waals surface area contributed by atoms with Crippen molar-refractivity contribution >= 4 is 11.7 Å². The maximum Gasteiger partial charge on any atom is 0.306 e. The minimum atomic E-state index is -0.640. The number of unbranched alkanes of at least 4 members (excludes halogenated alkanes) is 1. The lowest BCUT2D eigenvalue weighted by Gasteiger charge is -2.08. The number of rotatable bonds is 7. The van der Waals surface area contributed by atoms with E-state index in [2.05, 4.69) is 10.2 Å². The molecule has 0 amide bonds. The van der Waals surface area contributed by atoms with Crippen LogP contribution in [0.15, 0.2) is 28.7 Å². The van der Waals surface area contributed by atoms with Gasteiger partial charge in [-0.15, -0.1) is 10.2 Å². The van der Waals surface area contributed by atoms with Crippen molar-refractivity contribution in [1.29, 1.82) is 0 Å². The fraction of sp³-hybridized carbons (Fsp3) is 0.400. The highest BCUT2D eigenvalue weighted by atomic mass is 16.6. The molecule has 1 atom stereocenters. The molecule has 8 heteroatoms. The standard InChI is InChI=1S/C15H17N3O5/c1-3-4-5-13(19)22-10(2)14-16-17-15(23-14)11-6-8-12(9-7-11)18(20)21/h6-10H,3-5H2,1-2H3/t10-/m1/s1. The van der Waals surface area contributed by atoms with Gasteiger partial charge in [0, 0.05) is 24.1 Å². The van der Waals surface area contributed by atoms with Crippen LogP contribution in [0.4, 0.5) is 5.69 Å². The summed E-state index contributed by atoms with van der Waals surface area (Å²) < 4.78 is 10.7. The van der Waals surface area contributed by atoms with Crippen LogP contribution < -0.4 is 0 Å². The van der Waals surface area contributed by atoms with Gasteiger partial charge in [0.2, 0.25) is 5.89 Å². The van der Waals surface area contributed by atoms with E-state index < -0.39 is 11.0 Å². The summed E-state index contributed by atoms with van der Waals surface area (Å²) in [5.41, 5.74) is 0.533. The van der Waals surface area contributed by atoms with Gasteiger partial charge in [0.25, 0.3) is 11.6 Å². The first-order chi connectivity index (χ1) is 11.0. The van der Waals surface area contributed by atoms with Gasteiger partial charge in [-0.1, -0.05) is 13.3 Å². The molecule has 0 saturated heterocycles. The molecular formula is C15H17N3O5. The number of hydrogen-bond donors (Lipinski definition) is 0. The highest BCUT2D eigenvalue weighted by Gasteiger charge is 2.19. The van der Waals surface area contributed by atoms with Crippen LogP contribution in [0.5, 0.6) is 0 Å². The van der Waals surface area contributed by atoms with Crippen LogP contribution in [0.1, 0.15) is 45.1 Å². The number of ether oxygens (including phenoxy) is 1. The molecule has 0 unspecified atom stereocenters. The molecule has 0 spiro atoms. The minimum absolute atomic E-state index is 0.0216. The number of nitrogens with zero attached hydrogens (tertiary/aromatic N) is 3. The second kappa shape index (κ2) is 7.48. The lowest BCUT2D eigenvalue weighted by atomic mass is 10.2. The average molecular weight is 319 g/mol. The normalized spacial score (nSPS) is 11.9. The van der Waals surface area contributed by atoms with Gasteiger partial charge in [-0.3, -0.25) is 14.9 Å². The Labute approximate surface area is 132 Å². The molecule has 23 heavy (non-hydrogen) atoms. The smallest absolute Gasteiger partial charge is 0.306 e. The van der Waals surface area contributed by atoms with Crippen LogP contribution in [0.2, 0.25) is 0 Å². The molecule has 0 N–H and O–H groups in total. The Morgan fingerprint density at radius 2 is 2.04 bits per heavy atom. The number of aromatic nitrogens is 2. The van der Waals surface area contributed by atoms with Crippen LogP contribution in [0.3, 0.4) is 0 Å². The first-order valence-electron chi connectivity index (χ1n) is 7.29. The summed E-state index contributed by atoms with van der Waals surface area (Å²) in [6, 6.07) is 5.75. The summed E-state index contributed by atoms with van der Waals surface area (Å²) in [6.07, 6.45) is 1.39. The summed E-state index contributed by atoms with van der Waals surface area (Å²) in [5, 5.41) is 18.4. The zero-order chi connectivity index (χ0) is 16.8. The van der Waals surface area contributed by atoms with Crippen molar-refractivity contribution in [2.24, 2.45) is 0 Å². The molecule has 122 valence electrons. The van der Waals surface area contributed by atoms with Gasteiger partial charge in [0.15, 0.2) is 6.10 Å². The van der Waals surface area contributed by atoms with Crippen molar-refractivity contribution in [3.63, 3.8) is 0 Å². The van der Waals surface area contributed by atoms with Gasteiger partial charge in [-0.05, 0) is 25.5 Å². The average Bonchev–Trinajstić information content (AvgIpc) is 3.03. The SMILES string of the molecule is CCCCC(=O)O[C@H](C)c1nnc(-c2ccc([N+](=O)[O-])cc2)o1. The number of benzene rings is 1. The van der Waals surface area contributed by atoms with Crippen LogP contribution in [0.25, 0.3) is 11.5 Å². The third-order valence-electron chi connectivity index (χ3n) is 3.16. The van der Waals surface area contributed by atoms with Crippen molar-refractivity contribution in [3.8, 4) is 11.5 Å². The summed E-state index contributed by atoms with van der Waals surface area (Å²) in [7, 11) is 0. The predicted molar refractivity (Wildman–Crippen MR) is 80.4 cm³/mol. The number of nitro benzene ring substituents is 1. The Kier molecular flexibility index (Phi) is 5.40. The van der Waals surface area contributed by atoms with E-state index in [0.717, 1.165) is 12.8 Å². The third kappa shape index (κ3) is 4.35.